The smallest absolute Gasteiger partial charge is 0 e. The molecule has 0 aliphatic rings. The van der Waals surface area contributed by atoms with E-state index in [9.17, 15) is 0 Å². The fraction of sp³-hybridized carbons (Fsp3) is 0.667. The van der Waals surface area contributed by atoms with Crippen molar-refractivity contribution >= 4 is 6.29 Å². The molecule has 0 spiro atoms. The Labute approximate surface area is 45.4 Å². The molecule has 0 fully saturated rings. The van der Waals surface area contributed by atoms with Gasteiger partial charge in [-0.05, 0) is 0 Å². The normalized spacial score (nSPS) is 5.00. The third kappa shape index (κ3) is 13.3. The first-order chi connectivity index (χ1) is 1.91. The van der Waals surface area contributed by atoms with E-state index in [1.807, 2.05) is 0 Å². The molecule has 0 amide bonds. The average Bonchev–Trinajstić information content (AvgIpc) is 1.37. The Kier molecular flexibility index (Phi) is 15.9. The van der Waals surface area contributed by atoms with Crippen LogP contribution in [0.1, 0.15) is 13.3 Å². The van der Waals surface area contributed by atoms with Gasteiger partial charge in [0.25, 0.3) is 0 Å². The number of hydrogen-bond donors (Lipinski definition) is 0. The van der Waals surface area contributed by atoms with E-state index in [1.54, 1.807) is 13.2 Å². The zero-order valence-corrected chi connectivity index (χ0v) is 4.49. The van der Waals surface area contributed by atoms with Gasteiger partial charge in [0.2, 0.25) is 0 Å². The summed E-state index contributed by atoms with van der Waals surface area (Å²) in [5.74, 6) is 0. The quantitative estimate of drug-likeness (QED) is 0.407. The van der Waals surface area contributed by atoms with Gasteiger partial charge in [-0.2, -0.15) is 6.42 Å². The van der Waals surface area contributed by atoms with Gasteiger partial charge in [0.1, 0.15) is 0 Å². The van der Waals surface area contributed by atoms with Crippen LogP contribution in [0.5, 0.6) is 0 Å². The van der Waals surface area contributed by atoms with Crippen LogP contribution < -0.4 is 0 Å². The number of hydrogen-bond acceptors (Lipinski definition) is 1. The minimum absolute atomic E-state index is 0. The van der Waals surface area contributed by atoms with Gasteiger partial charge < -0.3 is 4.79 Å². The molecule has 2 heteroatoms. The molecule has 0 unspecified atom stereocenters. The van der Waals surface area contributed by atoms with Crippen molar-refractivity contribution < 1.29 is 25.2 Å². The van der Waals surface area contributed by atoms with E-state index in [2.05, 4.69) is 0 Å². The van der Waals surface area contributed by atoms with Crippen LogP contribution >= 0.6 is 0 Å². The van der Waals surface area contributed by atoms with Crippen molar-refractivity contribution in [3.8, 4) is 0 Å². The second-order valence-electron chi connectivity index (χ2n) is 0.498. The maximum atomic E-state index is 9.05. The predicted octanol–water partition coefficient (Wildman–Crippen LogP) is 0.504. The van der Waals surface area contributed by atoms with Crippen LogP contribution in [0.25, 0.3) is 0 Å². The molecule has 0 saturated heterocycles. The fourth-order valence-electron chi connectivity index (χ4n) is 0. The summed E-state index contributed by atoms with van der Waals surface area (Å²) < 4.78 is 0. The number of rotatable bonds is 1. The van der Waals surface area contributed by atoms with Crippen LogP contribution in [-0.2, 0) is 25.2 Å². The van der Waals surface area contributed by atoms with Crippen molar-refractivity contribution in [1.82, 2.24) is 0 Å². The van der Waals surface area contributed by atoms with Gasteiger partial charge in [0.05, 0.1) is 0 Å². The van der Waals surface area contributed by atoms with Gasteiger partial charge in [0, 0.05) is 20.4 Å². The maximum Gasteiger partial charge on any atom is 0 e. The average molecular weight is 163 g/mol. The summed E-state index contributed by atoms with van der Waals surface area (Å²) in [6.45, 7) is 1.76. The van der Waals surface area contributed by atoms with Crippen molar-refractivity contribution in [3.05, 3.63) is 0 Å². The van der Waals surface area contributed by atoms with Crippen LogP contribution in [0.15, 0.2) is 0 Å². The summed E-state index contributed by atoms with van der Waals surface area (Å²) >= 11 is 0. The Morgan fingerprint density at radius 3 is 2.00 bits per heavy atom. The zero-order chi connectivity index (χ0) is 3.41. The Morgan fingerprint density at radius 1 is 1.80 bits per heavy atom. The molecule has 0 N–H and O–H groups in total. The van der Waals surface area contributed by atoms with Crippen molar-refractivity contribution in [1.29, 1.82) is 0 Å². The molecule has 34 valence electrons. The first-order valence-electron chi connectivity index (χ1n) is 1.26. The minimum Gasteiger partial charge on any atom is -0.542 e. The van der Waals surface area contributed by atoms with Gasteiger partial charge in [-0.1, -0.05) is 6.92 Å². The van der Waals surface area contributed by atoms with Crippen LogP contribution in [0.2, 0.25) is 0 Å². The summed E-state index contributed by atoms with van der Waals surface area (Å²) in [6.07, 6.45) is 2.19. The van der Waals surface area contributed by atoms with Crippen LogP contribution in [0.3, 0.4) is 0 Å². The molecule has 0 aromatic rings. The molecular formula is C3H5OPd-. The SMILES string of the molecule is CC[C-]=O.[Pd]. The van der Waals surface area contributed by atoms with Gasteiger partial charge in [-0.3, -0.25) is 6.29 Å². The van der Waals surface area contributed by atoms with Crippen molar-refractivity contribution in [2.45, 2.75) is 13.3 Å². The van der Waals surface area contributed by atoms with Crippen LogP contribution in [0, 0.1) is 0 Å². The molecule has 0 bridgehead atoms. The van der Waals surface area contributed by atoms with Crippen molar-refractivity contribution in [2.24, 2.45) is 0 Å². The van der Waals surface area contributed by atoms with E-state index in [-0.39, 0.29) is 20.4 Å². The molecule has 5 heavy (non-hydrogen) atoms. The fourth-order valence-corrected chi connectivity index (χ4v) is 0. The maximum absolute atomic E-state index is 9.05. The Morgan fingerprint density at radius 2 is 2.00 bits per heavy atom. The summed E-state index contributed by atoms with van der Waals surface area (Å²) in [5.41, 5.74) is 0. The topological polar surface area (TPSA) is 17.1 Å². The minimum atomic E-state index is 0. The summed E-state index contributed by atoms with van der Waals surface area (Å²) in [6, 6.07) is 0. The third-order valence-electron chi connectivity index (χ3n) is 0.144. The molecular weight excluding hydrogens is 158 g/mol. The molecule has 0 radical (unpaired) electrons. The third-order valence-corrected chi connectivity index (χ3v) is 0.144. The van der Waals surface area contributed by atoms with Gasteiger partial charge >= 0.3 is 0 Å². The second kappa shape index (κ2) is 8.84. The summed E-state index contributed by atoms with van der Waals surface area (Å²) in [7, 11) is 0. The molecule has 0 aromatic heterocycles. The molecule has 0 rings (SSSR count). The Balaban J connectivity index is 0. The molecule has 0 aliphatic heterocycles. The second-order valence-corrected chi connectivity index (χ2v) is 0.498. The predicted molar refractivity (Wildman–Crippen MR) is 16.0 cm³/mol. The first kappa shape index (κ1) is 9.01. The molecule has 0 saturated carbocycles. The van der Waals surface area contributed by atoms with E-state index in [4.69, 9.17) is 4.79 Å². The number of carbonyl (C=O) groups excluding carboxylic acids is 1. The van der Waals surface area contributed by atoms with E-state index in [1.165, 1.54) is 0 Å². The zero-order valence-electron chi connectivity index (χ0n) is 2.93. The molecule has 0 atom stereocenters. The largest absolute Gasteiger partial charge is 0.542 e. The van der Waals surface area contributed by atoms with E-state index in [0.29, 0.717) is 6.42 Å². The molecule has 0 aromatic carbocycles. The van der Waals surface area contributed by atoms with E-state index < -0.39 is 0 Å². The van der Waals surface area contributed by atoms with Gasteiger partial charge in [-0.15, -0.1) is 0 Å². The van der Waals surface area contributed by atoms with Gasteiger partial charge in [-0.25, -0.2) is 0 Å². The van der Waals surface area contributed by atoms with Crippen LogP contribution in [-0.4, -0.2) is 6.29 Å². The molecule has 0 aliphatic carbocycles. The van der Waals surface area contributed by atoms with Crippen molar-refractivity contribution in [2.75, 3.05) is 0 Å². The molecule has 0 heterocycles. The van der Waals surface area contributed by atoms with E-state index >= 15 is 0 Å². The van der Waals surface area contributed by atoms with Crippen molar-refractivity contribution in [3.63, 3.8) is 0 Å². The summed E-state index contributed by atoms with van der Waals surface area (Å²) in [5, 5.41) is 0. The Hall–Kier alpha value is 0.332. The van der Waals surface area contributed by atoms with Crippen LogP contribution in [0.4, 0.5) is 0 Å². The first-order valence-corrected chi connectivity index (χ1v) is 1.26. The molecule has 1 nitrogen and oxygen atoms in total. The van der Waals surface area contributed by atoms with E-state index in [0.717, 1.165) is 0 Å². The monoisotopic (exact) mass is 163 g/mol. The van der Waals surface area contributed by atoms with Gasteiger partial charge in [0.15, 0.2) is 0 Å². The summed E-state index contributed by atoms with van der Waals surface area (Å²) in [4.78, 5) is 9.05. The Bertz CT molecular complexity index is 20.9. The standard InChI is InChI=1S/C3H5O.Pd/c1-2-3-4;/h2H2,1H3;/q-1;.